The molecule has 0 bridgehead atoms. The molecule has 4 atom stereocenters. The molecule has 1 aromatic carbocycles. The van der Waals surface area contributed by atoms with Crippen molar-refractivity contribution < 1.29 is 65.2 Å². The van der Waals surface area contributed by atoms with E-state index < -0.39 is 114 Å². The highest BCUT2D eigenvalue weighted by atomic mass is 19.4. The van der Waals surface area contributed by atoms with Crippen molar-refractivity contribution >= 4 is 24.1 Å². The lowest BCUT2D eigenvalue weighted by molar-refractivity contribution is -0.153. The molecule has 0 aliphatic carbocycles. The molecule has 1 N–H and O–H groups in total. The minimum absolute atomic E-state index is 0.215. The van der Waals surface area contributed by atoms with Gasteiger partial charge in [0, 0.05) is 13.5 Å². The van der Waals surface area contributed by atoms with E-state index in [0.717, 1.165) is 17.0 Å². The van der Waals surface area contributed by atoms with E-state index in [1.165, 1.54) is 19.2 Å². The first-order valence-corrected chi connectivity index (χ1v) is 17.5. The van der Waals surface area contributed by atoms with Crippen LogP contribution in [0.3, 0.4) is 0 Å². The Bertz CT molecular complexity index is 1830. The molecule has 0 saturated carbocycles. The Balaban J connectivity index is 1.82. The molecule has 20 heteroatoms. The number of nitrogens with zero attached hydrogens (tertiary/aromatic N) is 3. The van der Waals surface area contributed by atoms with Crippen LogP contribution < -0.4 is 16.6 Å². The van der Waals surface area contributed by atoms with Crippen molar-refractivity contribution in [3.8, 4) is 0 Å². The molecule has 312 valence electrons. The molecule has 1 aliphatic heterocycles. The molecule has 2 aromatic rings. The summed E-state index contributed by atoms with van der Waals surface area (Å²) in [5.41, 5.74) is -4.88. The number of aromatic nitrogens is 2. The lowest BCUT2D eigenvalue weighted by Crippen LogP contribution is -2.48. The number of carbonyl (C=O) groups is 4. The second kappa shape index (κ2) is 18.3. The van der Waals surface area contributed by atoms with Gasteiger partial charge in [0.25, 0.3) is 5.56 Å². The van der Waals surface area contributed by atoms with Gasteiger partial charge in [-0.25, -0.2) is 23.7 Å². The second-order valence-corrected chi connectivity index (χ2v) is 15.3. The molecule has 3 rings (SSSR count). The zero-order valence-corrected chi connectivity index (χ0v) is 32.6. The average Bonchev–Trinajstić information content (AvgIpc) is 3.47. The van der Waals surface area contributed by atoms with Crippen LogP contribution in [0.25, 0.3) is 0 Å². The third-order valence-electron chi connectivity index (χ3n) is 7.80. The summed E-state index contributed by atoms with van der Waals surface area (Å²) in [6.07, 6.45) is -9.46. The fourth-order valence-corrected chi connectivity index (χ4v) is 5.07. The first-order chi connectivity index (χ1) is 25.8. The van der Waals surface area contributed by atoms with E-state index in [9.17, 15) is 41.9 Å². The molecule has 0 radical (unpaired) electrons. The molecular weight excluding hydrogens is 756 g/mol. The van der Waals surface area contributed by atoms with Crippen LogP contribution in [-0.4, -0.2) is 87.8 Å². The van der Waals surface area contributed by atoms with Gasteiger partial charge in [-0.2, -0.15) is 17.6 Å². The van der Waals surface area contributed by atoms with E-state index in [-0.39, 0.29) is 13.0 Å². The number of rotatable bonds is 13. The van der Waals surface area contributed by atoms with Crippen molar-refractivity contribution in [2.75, 3.05) is 20.2 Å². The van der Waals surface area contributed by atoms with Gasteiger partial charge in [-0.1, -0.05) is 26.0 Å². The topological polar surface area (TPSA) is 183 Å². The zero-order valence-electron chi connectivity index (χ0n) is 32.6. The summed E-state index contributed by atoms with van der Waals surface area (Å²) in [5.74, 6) is -3.91. The maximum absolute atomic E-state index is 15.1. The predicted molar refractivity (Wildman–Crippen MR) is 187 cm³/mol. The number of ether oxygens (including phenoxy) is 6. The number of nitrogens with one attached hydrogen (secondary N) is 1. The maximum Gasteiger partial charge on any atom is 0.416 e. The van der Waals surface area contributed by atoms with Crippen LogP contribution in [-0.2, 0) is 57.5 Å². The van der Waals surface area contributed by atoms with E-state index in [4.69, 9.17) is 28.4 Å². The van der Waals surface area contributed by atoms with Crippen LogP contribution >= 0.6 is 0 Å². The molecule has 0 spiro atoms. The highest BCUT2D eigenvalue weighted by Gasteiger charge is 2.40. The lowest BCUT2D eigenvalue weighted by atomic mass is 10.1. The first kappa shape index (κ1) is 45.4. The number of likely N-dealkylation sites (N-methyl/N-ethyl adjacent to an activating group) is 1. The maximum atomic E-state index is 15.1. The van der Waals surface area contributed by atoms with Gasteiger partial charge in [-0.15, -0.1) is 0 Å². The third kappa shape index (κ3) is 13.3. The van der Waals surface area contributed by atoms with Gasteiger partial charge >= 0.3 is 36.0 Å². The molecule has 1 aliphatic rings. The third-order valence-corrected chi connectivity index (χ3v) is 7.80. The zero-order chi connectivity index (χ0) is 42.3. The molecule has 56 heavy (non-hydrogen) atoms. The van der Waals surface area contributed by atoms with Crippen molar-refractivity contribution in [2.24, 2.45) is 5.92 Å². The van der Waals surface area contributed by atoms with Gasteiger partial charge < -0.3 is 38.6 Å². The monoisotopic (exact) mass is 804 g/mol. The van der Waals surface area contributed by atoms with Crippen molar-refractivity contribution in [1.29, 1.82) is 0 Å². The first-order valence-electron chi connectivity index (χ1n) is 17.5. The fraction of sp³-hybridized carbons (Fsp3) is 0.611. The van der Waals surface area contributed by atoms with Crippen LogP contribution in [0.15, 0.2) is 40.1 Å². The minimum Gasteiger partial charge on any atom is -0.461 e. The average molecular weight is 805 g/mol. The number of amides is 2. The van der Waals surface area contributed by atoms with E-state index in [0.29, 0.717) is 20.9 Å². The van der Waals surface area contributed by atoms with Crippen molar-refractivity contribution in [3.63, 3.8) is 0 Å². The summed E-state index contributed by atoms with van der Waals surface area (Å²) in [7, 11) is 1.31. The Kier molecular flexibility index (Phi) is 14.8. The van der Waals surface area contributed by atoms with Crippen LogP contribution in [0.1, 0.15) is 79.2 Å². The van der Waals surface area contributed by atoms with E-state index in [1.807, 2.05) is 0 Å². The van der Waals surface area contributed by atoms with Crippen molar-refractivity contribution in [1.82, 2.24) is 19.4 Å². The SMILES string of the molecule is CC(C)[C@@H](NC(=O)OC(C)(C)C)C(=O)OCn1c(=O)c(F)cn([C@H]2C[C@H](OCc3ccc(C(F)(F)F)cc3)[C@@H](COC(=O)CN(C)C(=O)OC(C)(C)C)O2)c1=O. The lowest BCUT2D eigenvalue weighted by Gasteiger charge is -2.24. The summed E-state index contributed by atoms with van der Waals surface area (Å²) in [4.78, 5) is 77.5. The number of carbonyl (C=O) groups excluding carboxylic acids is 4. The summed E-state index contributed by atoms with van der Waals surface area (Å²) in [6, 6.07) is 2.85. The molecule has 1 fully saturated rings. The molecule has 2 amide bonds. The van der Waals surface area contributed by atoms with Crippen molar-refractivity contribution in [2.45, 2.75) is 117 Å². The van der Waals surface area contributed by atoms with Gasteiger partial charge in [0.15, 0.2) is 6.73 Å². The molecule has 16 nitrogen and oxygen atoms in total. The Hall–Kier alpha value is -4.98. The van der Waals surface area contributed by atoms with Gasteiger partial charge in [-0.3, -0.25) is 14.2 Å². The van der Waals surface area contributed by atoms with Crippen LogP contribution in [0, 0.1) is 11.7 Å². The summed E-state index contributed by atoms with van der Waals surface area (Å²) < 4.78 is 88.0. The van der Waals surface area contributed by atoms with Gasteiger partial charge in [0.2, 0.25) is 5.82 Å². The smallest absolute Gasteiger partial charge is 0.416 e. The van der Waals surface area contributed by atoms with E-state index in [2.05, 4.69) is 5.32 Å². The summed E-state index contributed by atoms with van der Waals surface area (Å²) in [5, 5.41) is 2.37. The van der Waals surface area contributed by atoms with Crippen molar-refractivity contribution in [3.05, 3.63) is 68.2 Å². The number of benzene rings is 1. The fourth-order valence-electron chi connectivity index (χ4n) is 5.07. The highest BCUT2D eigenvalue weighted by molar-refractivity contribution is 5.81. The largest absolute Gasteiger partial charge is 0.461 e. The van der Waals surface area contributed by atoms with Gasteiger partial charge in [0.05, 0.1) is 24.5 Å². The number of hydrogen-bond acceptors (Lipinski definition) is 12. The Morgan fingerprint density at radius 2 is 1.57 bits per heavy atom. The van der Waals surface area contributed by atoms with Gasteiger partial charge in [-0.05, 0) is 65.2 Å². The second-order valence-electron chi connectivity index (χ2n) is 15.3. The normalized spacial score (nSPS) is 17.9. The van der Waals surface area contributed by atoms with E-state index >= 15 is 4.39 Å². The quantitative estimate of drug-likeness (QED) is 0.170. The molecule has 1 aromatic heterocycles. The minimum atomic E-state index is -4.57. The summed E-state index contributed by atoms with van der Waals surface area (Å²) in [6.45, 7) is 10.6. The number of alkyl halides is 3. The number of halogens is 4. The summed E-state index contributed by atoms with van der Waals surface area (Å²) >= 11 is 0. The van der Waals surface area contributed by atoms with Crippen LogP contribution in [0.4, 0.5) is 27.2 Å². The van der Waals surface area contributed by atoms with E-state index in [1.54, 1.807) is 55.4 Å². The number of alkyl carbamates (subject to hydrolysis) is 1. The highest BCUT2D eigenvalue weighted by Crippen LogP contribution is 2.32. The predicted octanol–water partition coefficient (Wildman–Crippen LogP) is 4.50. The molecule has 1 saturated heterocycles. The van der Waals surface area contributed by atoms with Crippen LogP contribution in [0.2, 0.25) is 0 Å². The standard InChI is InChI=1S/C36H48F4N4O12/c1-20(2)28(41-31(48)55-34(3,4)5)30(47)53-19-44-29(46)23(37)15-43(32(44)49)26-14-24(51-17-21-10-12-22(13-11-21)36(38,39)40)25(54-26)18-52-27(45)16-42(9)33(50)56-35(6,7)8/h10-13,15,20,24-26,28H,14,16-19H2,1-9H3,(H,41,48)/t24-,25+,26+,28+/m0/s1. The Morgan fingerprint density at radius 1 is 0.964 bits per heavy atom. The molecule has 0 unspecified atom stereocenters. The molecule has 2 heterocycles. The van der Waals surface area contributed by atoms with Crippen LogP contribution in [0.5, 0.6) is 0 Å². The molecular formula is C36H48F4N4O12. The Labute approximate surface area is 319 Å². The van der Waals surface area contributed by atoms with Gasteiger partial charge in [0.1, 0.15) is 42.7 Å². The number of esters is 2. The number of hydrogen-bond donors (Lipinski definition) is 1. The Morgan fingerprint density at radius 3 is 2.12 bits per heavy atom.